The van der Waals surface area contributed by atoms with E-state index >= 15 is 0 Å². The summed E-state index contributed by atoms with van der Waals surface area (Å²) in [5.41, 5.74) is 5.34. The monoisotopic (exact) mass is 354 g/mol. The second-order valence-electron chi connectivity index (χ2n) is 7.11. The van der Waals surface area contributed by atoms with Crippen LogP contribution in [0.3, 0.4) is 0 Å². The molecule has 0 radical (unpaired) electrons. The third-order valence-electron chi connectivity index (χ3n) is 4.29. The summed E-state index contributed by atoms with van der Waals surface area (Å²) in [7, 11) is 0. The van der Waals surface area contributed by atoms with Crippen molar-refractivity contribution < 1.29 is 9.90 Å². The van der Waals surface area contributed by atoms with E-state index in [9.17, 15) is 4.79 Å². The number of rotatable bonds is 18. The van der Waals surface area contributed by atoms with E-state index in [0.29, 0.717) is 13.0 Å². The van der Waals surface area contributed by atoms with Crippen LogP contribution in [-0.2, 0) is 4.79 Å². The van der Waals surface area contributed by atoms with Crippen LogP contribution in [0.15, 0.2) is 12.2 Å². The molecule has 0 heterocycles. The van der Waals surface area contributed by atoms with Crippen molar-refractivity contribution in [1.82, 2.24) is 10.9 Å². The number of hydrogen-bond donors (Lipinski definition) is 3. The minimum absolute atomic E-state index is 0.0123. The SMILES string of the molecule is CCCCCCCCC=CCCCCCCCC(=O)NNCC(C)O. The van der Waals surface area contributed by atoms with E-state index in [1.807, 2.05) is 0 Å². The number of allylic oxidation sites excluding steroid dienone is 2. The highest BCUT2D eigenvalue weighted by molar-refractivity contribution is 5.75. The van der Waals surface area contributed by atoms with Gasteiger partial charge >= 0.3 is 0 Å². The van der Waals surface area contributed by atoms with E-state index in [0.717, 1.165) is 12.8 Å². The van der Waals surface area contributed by atoms with Gasteiger partial charge in [0.25, 0.3) is 0 Å². The maximum Gasteiger partial charge on any atom is 0.234 e. The molecule has 0 aromatic heterocycles. The van der Waals surface area contributed by atoms with Gasteiger partial charge in [0.1, 0.15) is 0 Å². The standard InChI is InChI=1S/C21H42N2O2/c1-3-4-5-6-7-8-9-10-11-12-13-14-15-16-17-18-21(25)23-22-19-20(2)24/h10-11,20,22,24H,3-9,12-19H2,1-2H3,(H,23,25). The molecule has 4 heteroatoms. The molecule has 0 aliphatic rings. The number of amides is 1. The number of carbonyl (C=O) groups is 1. The van der Waals surface area contributed by atoms with Gasteiger partial charge in [0.15, 0.2) is 0 Å². The van der Waals surface area contributed by atoms with Crippen molar-refractivity contribution in [3.63, 3.8) is 0 Å². The Bertz CT molecular complexity index is 317. The normalized spacial score (nSPS) is 12.6. The van der Waals surface area contributed by atoms with Crippen LogP contribution < -0.4 is 10.9 Å². The summed E-state index contributed by atoms with van der Waals surface area (Å²) >= 11 is 0. The summed E-state index contributed by atoms with van der Waals surface area (Å²) in [6.07, 6.45) is 21.3. The quantitative estimate of drug-likeness (QED) is 0.184. The van der Waals surface area contributed by atoms with E-state index in [2.05, 4.69) is 29.9 Å². The molecule has 0 aromatic rings. The van der Waals surface area contributed by atoms with Gasteiger partial charge in [0.05, 0.1) is 6.10 Å². The van der Waals surface area contributed by atoms with Crippen LogP contribution in [0.5, 0.6) is 0 Å². The smallest absolute Gasteiger partial charge is 0.234 e. The average Bonchev–Trinajstić information content (AvgIpc) is 2.58. The molecule has 4 nitrogen and oxygen atoms in total. The molecule has 0 fully saturated rings. The molecule has 1 atom stereocenters. The maximum absolute atomic E-state index is 11.5. The van der Waals surface area contributed by atoms with Gasteiger partial charge in [0.2, 0.25) is 5.91 Å². The van der Waals surface area contributed by atoms with Gasteiger partial charge < -0.3 is 5.11 Å². The van der Waals surface area contributed by atoms with Gasteiger partial charge in [-0.2, -0.15) is 0 Å². The van der Waals surface area contributed by atoms with Gasteiger partial charge in [-0.1, -0.05) is 70.4 Å². The predicted molar refractivity (Wildman–Crippen MR) is 107 cm³/mol. The van der Waals surface area contributed by atoms with Crippen LogP contribution in [0.2, 0.25) is 0 Å². The molecule has 0 spiro atoms. The summed E-state index contributed by atoms with van der Waals surface area (Å²) in [5.74, 6) is 0.0123. The topological polar surface area (TPSA) is 61.4 Å². The summed E-state index contributed by atoms with van der Waals surface area (Å²) in [6.45, 7) is 4.33. The molecule has 1 amide bonds. The third kappa shape index (κ3) is 21.1. The molecule has 0 rings (SSSR count). The van der Waals surface area contributed by atoms with Crippen molar-refractivity contribution in [2.45, 2.75) is 110 Å². The van der Waals surface area contributed by atoms with E-state index in [4.69, 9.17) is 5.11 Å². The van der Waals surface area contributed by atoms with E-state index in [1.54, 1.807) is 6.92 Å². The molecule has 148 valence electrons. The molecule has 0 saturated heterocycles. The van der Waals surface area contributed by atoms with Crippen LogP contribution in [0.1, 0.15) is 104 Å². The van der Waals surface area contributed by atoms with Crippen LogP contribution in [-0.4, -0.2) is 23.7 Å². The summed E-state index contributed by atoms with van der Waals surface area (Å²) < 4.78 is 0. The number of hydrazine groups is 1. The van der Waals surface area contributed by atoms with Crippen molar-refractivity contribution in [3.8, 4) is 0 Å². The fourth-order valence-electron chi connectivity index (χ4n) is 2.72. The van der Waals surface area contributed by atoms with Gasteiger partial charge in [-0.15, -0.1) is 0 Å². The second kappa shape index (κ2) is 19.5. The second-order valence-corrected chi connectivity index (χ2v) is 7.11. The fraction of sp³-hybridized carbons (Fsp3) is 0.857. The fourth-order valence-corrected chi connectivity index (χ4v) is 2.72. The molecule has 25 heavy (non-hydrogen) atoms. The largest absolute Gasteiger partial charge is 0.392 e. The Hall–Kier alpha value is -0.870. The van der Waals surface area contributed by atoms with Gasteiger partial charge in [-0.25, -0.2) is 5.43 Å². The van der Waals surface area contributed by atoms with Crippen LogP contribution in [0.25, 0.3) is 0 Å². The molecule has 0 aromatic carbocycles. The Morgan fingerprint density at radius 1 is 0.880 bits per heavy atom. The van der Waals surface area contributed by atoms with Crippen molar-refractivity contribution >= 4 is 5.91 Å². The lowest BCUT2D eigenvalue weighted by Crippen LogP contribution is -2.40. The first-order valence-electron chi connectivity index (χ1n) is 10.5. The van der Waals surface area contributed by atoms with Crippen molar-refractivity contribution in [1.29, 1.82) is 0 Å². The van der Waals surface area contributed by atoms with E-state index in [-0.39, 0.29) is 5.91 Å². The van der Waals surface area contributed by atoms with E-state index in [1.165, 1.54) is 70.6 Å². The van der Waals surface area contributed by atoms with Gasteiger partial charge in [-0.05, 0) is 39.0 Å². The number of aliphatic hydroxyl groups is 1. The zero-order valence-electron chi connectivity index (χ0n) is 16.7. The van der Waals surface area contributed by atoms with Crippen LogP contribution >= 0.6 is 0 Å². The Balaban J connectivity index is 3.20. The third-order valence-corrected chi connectivity index (χ3v) is 4.29. The molecule has 0 aliphatic heterocycles. The molecule has 0 bridgehead atoms. The number of carbonyl (C=O) groups excluding carboxylic acids is 1. The lowest BCUT2D eigenvalue weighted by Gasteiger charge is -2.08. The predicted octanol–water partition coefficient (Wildman–Crippen LogP) is 5.03. The minimum atomic E-state index is -0.444. The van der Waals surface area contributed by atoms with Crippen LogP contribution in [0.4, 0.5) is 0 Å². The van der Waals surface area contributed by atoms with Crippen LogP contribution in [0, 0.1) is 0 Å². The highest BCUT2D eigenvalue weighted by atomic mass is 16.3. The van der Waals surface area contributed by atoms with Gasteiger partial charge in [-0.3, -0.25) is 10.2 Å². The Morgan fingerprint density at radius 3 is 1.96 bits per heavy atom. The average molecular weight is 355 g/mol. The number of unbranched alkanes of at least 4 members (excludes halogenated alkanes) is 11. The Kier molecular flexibility index (Phi) is 18.8. The maximum atomic E-state index is 11.5. The zero-order chi connectivity index (χ0) is 18.6. The highest BCUT2D eigenvalue weighted by Gasteiger charge is 2.01. The molecular weight excluding hydrogens is 312 g/mol. The summed E-state index contributed by atoms with van der Waals surface area (Å²) in [5, 5.41) is 9.06. The Morgan fingerprint density at radius 2 is 1.40 bits per heavy atom. The van der Waals surface area contributed by atoms with Crippen molar-refractivity contribution in [3.05, 3.63) is 12.2 Å². The molecular formula is C21H42N2O2. The first kappa shape index (κ1) is 24.1. The molecule has 0 saturated carbocycles. The van der Waals surface area contributed by atoms with Crippen molar-refractivity contribution in [2.24, 2.45) is 0 Å². The Labute approximate surface area is 155 Å². The molecule has 3 N–H and O–H groups in total. The number of nitrogens with one attached hydrogen (secondary N) is 2. The number of aliphatic hydroxyl groups excluding tert-OH is 1. The van der Waals surface area contributed by atoms with Gasteiger partial charge in [0, 0.05) is 13.0 Å². The first-order chi connectivity index (χ1) is 12.2. The lowest BCUT2D eigenvalue weighted by atomic mass is 10.1. The first-order valence-corrected chi connectivity index (χ1v) is 10.5. The molecule has 0 aliphatic carbocycles. The number of hydrogen-bond acceptors (Lipinski definition) is 3. The van der Waals surface area contributed by atoms with E-state index < -0.39 is 6.10 Å². The lowest BCUT2D eigenvalue weighted by molar-refractivity contribution is -0.122. The summed E-state index contributed by atoms with van der Waals surface area (Å²) in [6, 6.07) is 0. The van der Waals surface area contributed by atoms with Crippen molar-refractivity contribution in [2.75, 3.05) is 6.54 Å². The minimum Gasteiger partial charge on any atom is -0.392 e. The molecule has 1 unspecified atom stereocenters. The highest BCUT2D eigenvalue weighted by Crippen LogP contribution is 2.09. The zero-order valence-corrected chi connectivity index (χ0v) is 16.7. The summed E-state index contributed by atoms with van der Waals surface area (Å²) in [4.78, 5) is 11.5.